The third kappa shape index (κ3) is 1.96. The molecule has 3 aromatic rings. The molecule has 2 heterocycles. The topological polar surface area (TPSA) is 17.8 Å². The van der Waals surface area contributed by atoms with Crippen LogP contribution in [-0.2, 0) is 6.54 Å². The van der Waals surface area contributed by atoms with Crippen molar-refractivity contribution in [2.45, 2.75) is 13.5 Å². The Morgan fingerprint density at radius 2 is 2.12 bits per heavy atom. The maximum absolute atomic E-state index is 5.87. The zero-order valence-electron chi connectivity index (χ0n) is 9.27. The Morgan fingerprint density at radius 1 is 1.35 bits per heavy atom. The monoisotopic (exact) mass is 261 g/mol. The molecule has 0 spiro atoms. The number of benzene rings is 1. The highest BCUT2D eigenvalue weighted by Gasteiger charge is 2.08. The number of fused-ring (bicyclic) bond motifs is 1. The van der Waals surface area contributed by atoms with Gasteiger partial charge in [-0.2, -0.15) is 5.10 Å². The van der Waals surface area contributed by atoms with E-state index in [-0.39, 0.29) is 0 Å². The number of thiophene rings is 1. The fourth-order valence-corrected chi connectivity index (χ4v) is 2.80. The summed E-state index contributed by atoms with van der Waals surface area (Å²) in [7, 11) is 0. The van der Waals surface area contributed by atoms with Crippen molar-refractivity contribution >= 4 is 33.2 Å². The smallest absolute Gasteiger partial charge is 0.122 e. The number of rotatable bonds is 2. The zero-order valence-corrected chi connectivity index (χ0v) is 10.8. The molecule has 2 aromatic heterocycles. The first-order chi connectivity index (χ1) is 8.24. The van der Waals surface area contributed by atoms with Crippen LogP contribution in [0.5, 0.6) is 0 Å². The highest BCUT2D eigenvalue weighted by Crippen LogP contribution is 2.24. The van der Waals surface area contributed by atoms with Gasteiger partial charge in [0.2, 0.25) is 0 Å². The molecule has 0 N–H and O–H groups in total. The van der Waals surface area contributed by atoms with Crippen molar-refractivity contribution in [1.29, 1.82) is 0 Å². The molecular formula is C13H10ClN2S. The van der Waals surface area contributed by atoms with Crippen molar-refractivity contribution in [2.75, 3.05) is 0 Å². The zero-order chi connectivity index (χ0) is 11.8. The van der Waals surface area contributed by atoms with Crippen LogP contribution in [-0.4, -0.2) is 9.78 Å². The van der Waals surface area contributed by atoms with E-state index >= 15 is 0 Å². The fourth-order valence-electron chi connectivity index (χ4n) is 1.86. The molecule has 2 nitrogen and oxygen atoms in total. The molecule has 3 rings (SSSR count). The molecular weight excluding hydrogens is 252 g/mol. The Bertz CT molecular complexity index is 652. The maximum Gasteiger partial charge on any atom is 0.122 e. The molecule has 0 aliphatic rings. The lowest BCUT2D eigenvalue weighted by Gasteiger charge is -2.02. The number of aryl methyl sites for hydroxylation is 1. The van der Waals surface area contributed by atoms with Gasteiger partial charge in [0.05, 0.1) is 12.2 Å². The van der Waals surface area contributed by atoms with Crippen LogP contribution in [0.2, 0.25) is 5.02 Å². The summed E-state index contributed by atoms with van der Waals surface area (Å²) in [5.74, 6) is 0. The average Bonchev–Trinajstić information content (AvgIpc) is 2.88. The van der Waals surface area contributed by atoms with Crippen LogP contribution in [0, 0.1) is 12.3 Å². The van der Waals surface area contributed by atoms with Crippen molar-refractivity contribution in [3.05, 3.63) is 52.0 Å². The van der Waals surface area contributed by atoms with Gasteiger partial charge >= 0.3 is 0 Å². The van der Waals surface area contributed by atoms with Gasteiger partial charge in [-0.05, 0) is 30.7 Å². The van der Waals surface area contributed by atoms with Crippen LogP contribution in [0.4, 0.5) is 0 Å². The maximum atomic E-state index is 5.87. The molecule has 85 valence electrons. The number of hydrogen-bond donors (Lipinski definition) is 0. The Kier molecular flexibility index (Phi) is 2.65. The van der Waals surface area contributed by atoms with Crippen molar-refractivity contribution in [3.8, 4) is 0 Å². The van der Waals surface area contributed by atoms with Crippen LogP contribution in [0.15, 0.2) is 30.3 Å². The van der Waals surface area contributed by atoms with Crippen molar-refractivity contribution in [1.82, 2.24) is 9.78 Å². The minimum atomic E-state index is 0.764. The van der Waals surface area contributed by atoms with Gasteiger partial charge in [-0.15, -0.1) is 11.3 Å². The van der Waals surface area contributed by atoms with E-state index in [1.165, 1.54) is 15.8 Å². The van der Waals surface area contributed by atoms with E-state index in [4.69, 9.17) is 11.6 Å². The molecule has 0 unspecified atom stereocenters. The van der Waals surface area contributed by atoms with Gasteiger partial charge in [-0.25, -0.2) is 0 Å². The van der Waals surface area contributed by atoms with E-state index in [2.05, 4.69) is 10.5 Å². The van der Waals surface area contributed by atoms with E-state index in [1.807, 2.05) is 41.9 Å². The van der Waals surface area contributed by atoms with Gasteiger partial charge in [0.15, 0.2) is 0 Å². The second-order valence-electron chi connectivity index (χ2n) is 3.95. The summed E-state index contributed by atoms with van der Waals surface area (Å²) in [5, 5.41) is 9.66. The second-order valence-corrected chi connectivity index (χ2v) is 5.22. The molecule has 0 aliphatic carbocycles. The summed E-state index contributed by atoms with van der Waals surface area (Å²) >= 11 is 7.48. The summed E-state index contributed by atoms with van der Waals surface area (Å²) < 4.78 is 2.02. The predicted molar refractivity (Wildman–Crippen MR) is 71.7 cm³/mol. The Labute approximate surface area is 108 Å². The van der Waals surface area contributed by atoms with Gasteiger partial charge in [-0.1, -0.05) is 23.7 Å². The standard InChI is InChI=1S/C13H10ClN2S/c1-9-12-6-7-17-13(12)16(15-9)8-10-2-4-11(14)5-3-10/h2-6H,8H2,1H3. The number of nitrogens with zero attached hydrogens (tertiary/aromatic N) is 2. The molecule has 0 atom stereocenters. The summed E-state index contributed by atoms with van der Waals surface area (Å²) in [4.78, 5) is 1.18. The van der Waals surface area contributed by atoms with Gasteiger partial charge in [-0.3, -0.25) is 4.68 Å². The number of halogens is 1. The molecule has 4 heteroatoms. The Morgan fingerprint density at radius 3 is 2.88 bits per heavy atom. The van der Waals surface area contributed by atoms with E-state index in [0.29, 0.717) is 0 Å². The largest absolute Gasteiger partial charge is 0.250 e. The minimum Gasteiger partial charge on any atom is -0.250 e. The molecule has 0 bridgehead atoms. The lowest BCUT2D eigenvalue weighted by Crippen LogP contribution is -2.00. The van der Waals surface area contributed by atoms with Crippen LogP contribution >= 0.6 is 22.9 Å². The van der Waals surface area contributed by atoms with Crippen molar-refractivity contribution in [2.24, 2.45) is 0 Å². The normalized spacial score (nSPS) is 11.2. The fraction of sp³-hybridized carbons (Fsp3) is 0.154. The van der Waals surface area contributed by atoms with Crippen LogP contribution in [0.1, 0.15) is 11.3 Å². The average molecular weight is 262 g/mol. The van der Waals surface area contributed by atoms with Gasteiger partial charge in [0.25, 0.3) is 0 Å². The molecule has 0 amide bonds. The van der Waals surface area contributed by atoms with Crippen molar-refractivity contribution < 1.29 is 0 Å². The second kappa shape index (κ2) is 4.17. The van der Waals surface area contributed by atoms with Gasteiger partial charge < -0.3 is 0 Å². The van der Waals surface area contributed by atoms with Crippen LogP contribution in [0.3, 0.4) is 0 Å². The summed E-state index contributed by atoms with van der Waals surface area (Å²) in [5.41, 5.74) is 2.26. The number of aromatic nitrogens is 2. The molecule has 1 aromatic carbocycles. The van der Waals surface area contributed by atoms with E-state index in [9.17, 15) is 0 Å². The molecule has 0 fully saturated rings. The SMILES string of the molecule is Cc1nn(Cc2ccc(Cl)cc2)c2s[c]cc12. The van der Waals surface area contributed by atoms with Gasteiger partial charge in [0.1, 0.15) is 4.83 Å². The highest BCUT2D eigenvalue weighted by atomic mass is 35.5. The quantitative estimate of drug-likeness (QED) is 0.684. The highest BCUT2D eigenvalue weighted by molar-refractivity contribution is 7.16. The molecule has 0 saturated carbocycles. The van der Waals surface area contributed by atoms with Crippen LogP contribution < -0.4 is 0 Å². The van der Waals surface area contributed by atoms with Gasteiger partial charge in [0, 0.05) is 15.8 Å². The third-order valence-electron chi connectivity index (χ3n) is 2.73. The summed E-state index contributed by atoms with van der Waals surface area (Å²) in [6.07, 6.45) is 0. The van der Waals surface area contributed by atoms with E-state index < -0.39 is 0 Å². The van der Waals surface area contributed by atoms with Crippen molar-refractivity contribution in [3.63, 3.8) is 0 Å². The minimum absolute atomic E-state index is 0.764. The Hall–Kier alpha value is -1.32. The lowest BCUT2D eigenvalue weighted by atomic mass is 10.2. The molecule has 1 radical (unpaired) electrons. The first kappa shape index (κ1) is 10.8. The van der Waals surface area contributed by atoms with Crippen LogP contribution in [0.25, 0.3) is 10.2 Å². The first-order valence-electron chi connectivity index (χ1n) is 5.31. The summed E-state index contributed by atoms with van der Waals surface area (Å²) in [6.45, 7) is 2.80. The predicted octanol–water partition coefficient (Wildman–Crippen LogP) is 3.91. The lowest BCUT2D eigenvalue weighted by molar-refractivity contribution is 0.707. The molecule has 0 saturated heterocycles. The number of hydrogen-bond acceptors (Lipinski definition) is 2. The molecule has 17 heavy (non-hydrogen) atoms. The first-order valence-corrected chi connectivity index (χ1v) is 6.51. The summed E-state index contributed by atoms with van der Waals surface area (Å²) in [6, 6.07) is 9.88. The Balaban J connectivity index is 1.99. The van der Waals surface area contributed by atoms with E-state index in [1.54, 1.807) is 11.3 Å². The molecule has 0 aliphatic heterocycles. The third-order valence-corrected chi connectivity index (χ3v) is 3.84. The van der Waals surface area contributed by atoms with E-state index in [0.717, 1.165) is 17.3 Å².